The van der Waals surface area contributed by atoms with Gasteiger partial charge in [-0.3, -0.25) is 4.79 Å². The van der Waals surface area contributed by atoms with Gasteiger partial charge in [0.2, 0.25) is 5.91 Å². The Morgan fingerprint density at radius 1 is 1.53 bits per heavy atom. The predicted octanol–water partition coefficient (Wildman–Crippen LogP) is 2.99. The number of hydrogen-bond donors (Lipinski definition) is 0. The standard InChI is InChI=1S/C12H12ClFN2O/c1-12(2,7-15)11(17)16(3)10-6-8(13)4-5-9(10)14/h4-6H,1-3H3. The second-order valence-electron chi connectivity index (χ2n) is 4.20. The number of nitriles is 1. The van der Waals surface area contributed by atoms with Gasteiger partial charge in [0.1, 0.15) is 11.2 Å². The van der Waals surface area contributed by atoms with Crippen molar-refractivity contribution in [1.82, 2.24) is 0 Å². The number of anilines is 1. The third-order valence-electron chi connectivity index (χ3n) is 2.39. The van der Waals surface area contributed by atoms with Crippen molar-refractivity contribution in [3.8, 4) is 6.07 Å². The highest BCUT2D eigenvalue weighted by Crippen LogP contribution is 2.26. The molecule has 17 heavy (non-hydrogen) atoms. The second kappa shape index (κ2) is 4.72. The number of carbonyl (C=O) groups excluding carboxylic acids is 1. The van der Waals surface area contributed by atoms with Crippen LogP contribution < -0.4 is 4.90 Å². The van der Waals surface area contributed by atoms with E-state index in [1.54, 1.807) is 0 Å². The summed E-state index contributed by atoms with van der Waals surface area (Å²) in [4.78, 5) is 13.1. The molecule has 0 bridgehead atoms. The molecule has 0 unspecified atom stereocenters. The molecule has 0 aliphatic rings. The van der Waals surface area contributed by atoms with E-state index >= 15 is 0 Å². The van der Waals surface area contributed by atoms with Gasteiger partial charge >= 0.3 is 0 Å². The maximum atomic E-state index is 13.5. The van der Waals surface area contributed by atoms with Crippen LogP contribution in [0.1, 0.15) is 13.8 Å². The molecule has 0 saturated heterocycles. The van der Waals surface area contributed by atoms with E-state index in [4.69, 9.17) is 16.9 Å². The van der Waals surface area contributed by atoms with E-state index in [9.17, 15) is 9.18 Å². The number of halogens is 2. The van der Waals surface area contributed by atoms with Gasteiger partial charge in [0.15, 0.2) is 0 Å². The first-order valence-corrected chi connectivity index (χ1v) is 5.32. The van der Waals surface area contributed by atoms with Crippen molar-refractivity contribution in [2.75, 3.05) is 11.9 Å². The van der Waals surface area contributed by atoms with Gasteiger partial charge in [-0.15, -0.1) is 0 Å². The third kappa shape index (κ3) is 2.75. The molecule has 0 N–H and O–H groups in total. The van der Waals surface area contributed by atoms with Crippen LogP contribution in [0.5, 0.6) is 0 Å². The van der Waals surface area contributed by atoms with E-state index in [2.05, 4.69) is 0 Å². The molecule has 0 spiro atoms. The normalized spacial score (nSPS) is 10.8. The molecule has 0 fully saturated rings. The minimum Gasteiger partial charge on any atom is -0.311 e. The fourth-order valence-corrected chi connectivity index (χ4v) is 1.49. The fraction of sp³-hybridized carbons (Fsp3) is 0.333. The summed E-state index contributed by atoms with van der Waals surface area (Å²) in [5.41, 5.74) is -1.14. The Hall–Kier alpha value is -1.60. The van der Waals surface area contributed by atoms with Crippen LogP contribution in [0.3, 0.4) is 0 Å². The first-order valence-electron chi connectivity index (χ1n) is 4.94. The summed E-state index contributed by atoms with van der Waals surface area (Å²) in [6.45, 7) is 2.96. The van der Waals surface area contributed by atoms with Gasteiger partial charge in [0, 0.05) is 12.1 Å². The minimum absolute atomic E-state index is 0.0609. The Balaban J connectivity index is 3.14. The van der Waals surface area contributed by atoms with Crippen molar-refractivity contribution < 1.29 is 9.18 Å². The molecule has 1 aromatic rings. The summed E-state index contributed by atoms with van der Waals surface area (Å²) in [6.07, 6.45) is 0. The highest BCUT2D eigenvalue weighted by molar-refractivity contribution is 6.30. The Kier molecular flexibility index (Phi) is 3.74. The minimum atomic E-state index is -1.20. The monoisotopic (exact) mass is 254 g/mol. The average Bonchev–Trinajstić information content (AvgIpc) is 2.30. The van der Waals surface area contributed by atoms with Gasteiger partial charge in [-0.05, 0) is 32.0 Å². The molecule has 0 aliphatic carbocycles. The van der Waals surface area contributed by atoms with E-state index in [-0.39, 0.29) is 5.69 Å². The fourth-order valence-electron chi connectivity index (χ4n) is 1.32. The van der Waals surface area contributed by atoms with Crippen LogP contribution in [0, 0.1) is 22.6 Å². The Morgan fingerprint density at radius 2 is 2.12 bits per heavy atom. The Morgan fingerprint density at radius 3 is 2.65 bits per heavy atom. The number of rotatable bonds is 2. The molecule has 1 aromatic carbocycles. The summed E-state index contributed by atoms with van der Waals surface area (Å²) in [7, 11) is 1.41. The number of carbonyl (C=O) groups is 1. The molecule has 0 saturated carbocycles. The van der Waals surface area contributed by atoms with Crippen molar-refractivity contribution >= 4 is 23.2 Å². The zero-order chi connectivity index (χ0) is 13.2. The van der Waals surface area contributed by atoms with Gasteiger partial charge in [0.25, 0.3) is 0 Å². The van der Waals surface area contributed by atoms with Gasteiger partial charge < -0.3 is 4.90 Å². The van der Waals surface area contributed by atoms with E-state index in [1.165, 1.54) is 39.1 Å². The van der Waals surface area contributed by atoms with Crippen LogP contribution in [-0.4, -0.2) is 13.0 Å². The molecular weight excluding hydrogens is 243 g/mol. The molecule has 90 valence electrons. The maximum Gasteiger partial charge on any atom is 0.246 e. The zero-order valence-corrected chi connectivity index (χ0v) is 10.5. The van der Waals surface area contributed by atoms with Crippen molar-refractivity contribution in [2.24, 2.45) is 5.41 Å². The first-order chi connectivity index (χ1) is 7.79. The number of hydrogen-bond acceptors (Lipinski definition) is 2. The molecular formula is C12H12ClFN2O. The van der Waals surface area contributed by atoms with Crippen molar-refractivity contribution in [1.29, 1.82) is 5.26 Å². The van der Waals surface area contributed by atoms with E-state index in [0.717, 1.165) is 4.90 Å². The van der Waals surface area contributed by atoms with Crippen LogP contribution in [0.4, 0.5) is 10.1 Å². The third-order valence-corrected chi connectivity index (χ3v) is 2.62. The van der Waals surface area contributed by atoms with E-state index < -0.39 is 17.1 Å². The summed E-state index contributed by atoms with van der Waals surface area (Å²) in [5, 5.41) is 9.20. The quantitative estimate of drug-likeness (QED) is 0.814. The van der Waals surface area contributed by atoms with Crippen LogP contribution in [-0.2, 0) is 4.79 Å². The number of nitrogens with zero attached hydrogens (tertiary/aromatic N) is 2. The first kappa shape index (κ1) is 13.5. The second-order valence-corrected chi connectivity index (χ2v) is 4.63. The van der Waals surface area contributed by atoms with Crippen molar-refractivity contribution in [2.45, 2.75) is 13.8 Å². The molecule has 0 radical (unpaired) electrons. The largest absolute Gasteiger partial charge is 0.311 e. The Labute approximate surface area is 104 Å². The van der Waals surface area contributed by atoms with Gasteiger partial charge in [0.05, 0.1) is 11.8 Å². The molecule has 0 aliphatic heterocycles. The molecule has 5 heteroatoms. The summed E-state index contributed by atoms with van der Waals surface area (Å²) in [5.74, 6) is -1.04. The zero-order valence-electron chi connectivity index (χ0n) is 9.79. The lowest BCUT2D eigenvalue weighted by atomic mass is 9.94. The van der Waals surface area contributed by atoms with Crippen LogP contribution >= 0.6 is 11.6 Å². The Bertz CT molecular complexity index is 494. The summed E-state index contributed by atoms with van der Waals surface area (Å²) in [6, 6.07) is 5.81. The van der Waals surface area contributed by atoms with Crippen LogP contribution in [0.25, 0.3) is 0 Å². The lowest BCUT2D eigenvalue weighted by Crippen LogP contribution is -2.38. The molecule has 3 nitrogen and oxygen atoms in total. The molecule has 0 aromatic heterocycles. The lowest BCUT2D eigenvalue weighted by Gasteiger charge is -2.24. The van der Waals surface area contributed by atoms with Crippen molar-refractivity contribution in [3.05, 3.63) is 29.0 Å². The topological polar surface area (TPSA) is 44.1 Å². The molecule has 0 heterocycles. The molecule has 1 rings (SSSR count). The summed E-state index contributed by atoms with van der Waals surface area (Å²) >= 11 is 5.74. The molecule has 1 amide bonds. The highest BCUT2D eigenvalue weighted by Gasteiger charge is 2.31. The number of amides is 1. The predicted molar refractivity (Wildman–Crippen MR) is 64.2 cm³/mol. The number of benzene rings is 1. The van der Waals surface area contributed by atoms with Gasteiger partial charge in [-0.2, -0.15) is 5.26 Å². The average molecular weight is 255 g/mol. The molecule has 0 atom stereocenters. The maximum absolute atomic E-state index is 13.5. The SMILES string of the molecule is CN(C(=O)C(C)(C)C#N)c1cc(Cl)ccc1F. The van der Waals surface area contributed by atoms with E-state index in [0.29, 0.717) is 5.02 Å². The highest BCUT2D eigenvalue weighted by atomic mass is 35.5. The van der Waals surface area contributed by atoms with E-state index in [1.807, 2.05) is 6.07 Å². The van der Waals surface area contributed by atoms with Crippen molar-refractivity contribution in [3.63, 3.8) is 0 Å². The lowest BCUT2D eigenvalue weighted by molar-refractivity contribution is -0.123. The van der Waals surface area contributed by atoms with Crippen LogP contribution in [0.15, 0.2) is 18.2 Å². The smallest absolute Gasteiger partial charge is 0.246 e. The van der Waals surface area contributed by atoms with Crippen LogP contribution in [0.2, 0.25) is 5.02 Å². The van der Waals surface area contributed by atoms with Gasteiger partial charge in [-0.25, -0.2) is 4.39 Å². The summed E-state index contributed by atoms with van der Waals surface area (Å²) < 4.78 is 13.5. The van der Waals surface area contributed by atoms with Gasteiger partial charge in [-0.1, -0.05) is 11.6 Å².